The van der Waals surface area contributed by atoms with E-state index >= 15 is 0 Å². The standard InChI is InChI=1S/C51H34/c1-51(2)49-10-6-5-9-43(49)48-29-40-20-15-32-12-18-39(28-46(32)47(40)30-50(48)51)38-19-14-34-22-23-41-42(45(34)27-38)24-21-33-13-17-37(26-44(33)41)36-16-11-31-7-3-4-8-35(31)25-36/h3-30H,1-2H3. The van der Waals surface area contributed by atoms with Crippen LogP contribution in [0.2, 0.25) is 0 Å². The third-order valence-corrected chi connectivity index (χ3v) is 11.8. The highest BCUT2D eigenvalue weighted by Crippen LogP contribution is 2.50. The van der Waals surface area contributed by atoms with Crippen molar-refractivity contribution in [2.75, 3.05) is 0 Å². The molecular weight excluding hydrogens is 613 g/mol. The average molecular weight is 647 g/mol. The molecule has 0 fully saturated rings. The highest BCUT2D eigenvalue weighted by atomic mass is 14.4. The molecule has 0 N–H and O–H groups in total. The third-order valence-electron chi connectivity index (χ3n) is 11.8. The van der Waals surface area contributed by atoms with Crippen LogP contribution < -0.4 is 0 Å². The Kier molecular flexibility index (Phi) is 5.82. The third kappa shape index (κ3) is 4.20. The molecule has 0 radical (unpaired) electrons. The van der Waals surface area contributed by atoms with Crippen molar-refractivity contribution >= 4 is 64.6 Å². The van der Waals surface area contributed by atoms with Crippen LogP contribution in [0.15, 0.2) is 170 Å². The van der Waals surface area contributed by atoms with Crippen LogP contribution >= 0.6 is 0 Å². The molecule has 0 aliphatic heterocycles. The molecule has 0 nitrogen and oxygen atoms in total. The SMILES string of the molecule is CC1(C)c2ccccc2-c2cc3ccc4ccc(-c5ccc6ccc7c8cc(-c9ccc%10ccccc%10c9)ccc8ccc7c6c5)cc4c3cc21. The second-order valence-corrected chi connectivity index (χ2v) is 15.0. The fourth-order valence-corrected chi connectivity index (χ4v) is 9.02. The maximum atomic E-state index is 2.47. The Balaban J connectivity index is 1.06. The van der Waals surface area contributed by atoms with Gasteiger partial charge in [-0.3, -0.25) is 0 Å². The molecule has 0 heterocycles. The van der Waals surface area contributed by atoms with Crippen molar-refractivity contribution in [3.8, 4) is 33.4 Å². The van der Waals surface area contributed by atoms with Crippen LogP contribution in [0.25, 0.3) is 98.0 Å². The lowest BCUT2D eigenvalue weighted by Gasteiger charge is -2.22. The van der Waals surface area contributed by atoms with Gasteiger partial charge in [0.1, 0.15) is 0 Å². The van der Waals surface area contributed by atoms with Gasteiger partial charge in [0.2, 0.25) is 0 Å². The van der Waals surface area contributed by atoms with Crippen LogP contribution in [0.5, 0.6) is 0 Å². The average Bonchev–Trinajstić information content (AvgIpc) is 3.41. The lowest BCUT2D eigenvalue weighted by Crippen LogP contribution is -2.14. The lowest BCUT2D eigenvalue weighted by molar-refractivity contribution is 0.661. The van der Waals surface area contributed by atoms with Gasteiger partial charge in [-0.1, -0.05) is 147 Å². The molecule has 1 aliphatic carbocycles. The summed E-state index contributed by atoms with van der Waals surface area (Å²) in [6.45, 7) is 4.74. The first kappa shape index (κ1) is 28.6. The van der Waals surface area contributed by atoms with Crippen LogP contribution in [0.3, 0.4) is 0 Å². The van der Waals surface area contributed by atoms with Gasteiger partial charge in [-0.15, -0.1) is 0 Å². The Morgan fingerprint density at radius 3 is 1.37 bits per heavy atom. The van der Waals surface area contributed by atoms with Gasteiger partial charge in [0.25, 0.3) is 0 Å². The van der Waals surface area contributed by atoms with E-state index in [1.165, 1.54) is 109 Å². The van der Waals surface area contributed by atoms with Crippen molar-refractivity contribution in [3.05, 3.63) is 181 Å². The quantitative estimate of drug-likeness (QED) is 0.164. The van der Waals surface area contributed by atoms with E-state index in [0.29, 0.717) is 0 Å². The van der Waals surface area contributed by atoms with Gasteiger partial charge in [0.15, 0.2) is 0 Å². The number of benzene rings is 10. The summed E-state index contributed by atoms with van der Waals surface area (Å²) in [7, 11) is 0. The minimum absolute atomic E-state index is 0.0281. The maximum Gasteiger partial charge on any atom is 0.0159 e. The predicted octanol–water partition coefficient (Wildman–Crippen LogP) is 14.2. The first-order valence-corrected chi connectivity index (χ1v) is 18.0. The first-order chi connectivity index (χ1) is 25.0. The Morgan fingerprint density at radius 1 is 0.275 bits per heavy atom. The zero-order valence-electron chi connectivity index (χ0n) is 28.7. The number of hydrogen-bond donors (Lipinski definition) is 0. The summed E-state index contributed by atoms with van der Waals surface area (Å²) < 4.78 is 0. The highest BCUT2D eigenvalue weighted by molar-refractivity contribution is 6.18. The van der Waals surface area contributed by atoms with Gasteiger partial charge in [-0.2, -0.15) is 0 Å². The molecule has 0 bridgehead atoms. The summed E-state index contributed by atoms with van der Waals surface area (Å²) in [5, 5.41) is 15.4. The smallest absolute Gasteiger partial charge is 0.0159 e. The molecule has 0 heteroatoms. The van der Waals surface area contributed by atoms with Crippen molar-refractivity contribution in [1.29, 1.82) is 0 Å². The fraction of sp³-hybridized carbons (Fsp3) is 0.0588. The molecule has 0 saturated heterocycles. The first-order valence-electron chi connectivity index (χ1n) is 18.0. The van der Waals surface area contributed by atoms with Crippen LogP contribution in [0.1, 0.15) is 25.0 Å². The summed E-state index contributed by atoms with van der Waals surface area (Å²) in [6.07, 6.45) is 0. The molecule has 1 aliphatic rings. The van der Waals surface area contributed by atoms with Crippen molar-refractivity contribution in [2.45, 2.75) is 19.3 Å². The molecule has 0 aromatic heterocycles. The Labute approximate surface area is 297 Å². The summed E-state index contributed by atoms with van der Waals surface area (Å²) in [4.78, 5) is 0. The van der Waals surface area contributed by atoms with Gasteiger partial charge in [0.05, 0.1) is 0 Å². The molecule has 0 spiro atoms. The van der Waals surface area contributed by atoms with Crippen LogP contribution in [-0.4, -0.2) is 0 Å². The van der Waals surface area contributed by atoms with Crippen molar-refractivity contribution in [1.82, 2.24) is 0 Å². The summed E-state index contributed by atoms with van der Waals surface area (Å²) >= 11 is 0. The normalized spacial score (nSPS) is 13.5. The fourth-order valence-electron chi connectivity index (χ4n) is 9.02. The maximum absolute atomic E-state index is 2.47. The van der Waals surface area contributed by atoms with Crippen LogP contribution in [0.4, 0.5) is 0 Å². The van der Waals surface area contributed by atoms with Gasteiger partial charge in [0, 0.05) is 5.41 Å². The Morgan fingerprint density at radius 2 is 0.725 bits per heavy atom. The van der Waals surface area contributed by atoms with Crippen molar-refractivity contribution in [2.24, 2.45) is 0 Å². The van der Waals surface area contributed by atoms with E-state index in [1.807, 2.05) is 0 Å². The summed E-state index contributed by atoms with van der Waals surface area (Å²) in [6, 6.07) is 63.9. The molecule has 0 saturated carbocycles. The zero-order chi connectivity index (χ0) is 33.8. The molecule has 0 atom stereocenters. The Hall–Kier alpha value is -6.24. The van der Waals surface area contributed by atoms with Gasteiger partial charge in [-0.05, 0) is 146 Å². The van der Waals surface area contributed by atoms with Gasteiger partial charge in [-0.25, -0.2) is 0 Å². The molecule has 51 heavy (non-hydrogen) atoms. The minimum Gasteiger partial charge on any atom is -0.0619 e. The van der Waals surface area contributed by atoms with Crippen molar-refractivity contribution < 1.29 is 0 Å². The molecule has 238 valence electrons. The highest BCUT2D eigenvalue weighted by Gasteiger charge is 2.35. The summed E-state index contributed by atoms with van der Waals surface area (Å²) in [5.41, 5.74) is 10.5. The van der Waals surface area contributed by atoms with E-state index < -0.39 is 0 Å². The van der Waals surface area contributed by atoms with E-state index in [1.54, 1.807) is 0 Å². The zero-order valence-corrected chi connectivity index (χ0v) is 28.7. The second kappa shape index (κ2) is 10.4. The molecule has 0 amide bonds. The lowest BCUT2D eigenvalue weighted by atomic mass is 9.81. The molecular formula is C51H34. The largest absolute Gasteiger partial charge is 0.0619 e. The van der Waals surface area contributed by atoms with Gasteiger partial charge < -0.3 is 0 Å². The minimum atomic E-state index is -0.0281. The van der Waals surface area contributed by atoms with Gasteiger partial charge >= 0.3 is 0 Å². The van der Waals surface area contributed by atoms with Crippen molar-refractivity contribution in [3.63, 3.8) is 0 Å². The molecule has 10 aromatic rings. The van der Waals surface area contributed by atoms with E-state index in [2.05, 4.69) is 184 Å². The monoisotopic (exact) mass is 646 g/mol. The Bertz CT molecular complexity index is 3100. The van der Waals surface area contributed by atoms with Crippen LogP contribution in [-0.2, 0) is 5.41 Å². The van der Waals surface area contributed by atoms with E-state index in [-0.39, 0.29) is 5.41 Å². The predicted molar refractivity (Wildman–Crippen MR) is 220 cm³/mol. The topological polar surface area (TPSA) is 0 Å². The summed E-state index contributed by atoms with van der Waals surface area (Å²) in [5.74, 6) is 0. The number of rotatable bonds is 2. The number of fused-ring (bicyclic) bond motifs is 12. The van der Waals surface area contributed by atoms with E-state index in [4.69, 9.17) is 0 Å². The molecule has 11 rings (SSSR count). The van der Waals surface area contributed by atoms with Crippen LogP contribution in [0, 0.1) is 0 Å². The second-order valence-electron chi connectivity index (χ2n) is 15.0. The molecule has 10 aromatic carbocycles. The van der Waals surface area contributed by atoms with E-state index in [9.17, 15) is 0 Å². The molecule has 0 unspecified atom stereocenters. The van der Waals surface area contributed by atoms with E-state index in [0.717, 1.165) is 0 Å². The number of hydrogen-bond acceptors (Lipinski definition) is 0.